The van der Waals surface area contributed by atoms with E-state index in [-0.39, 0.29) is 0 Å². The number of ether oxygens (including phenoxy) is 1. The number of hydrogen-bond acceptors (Lipinski definition) is 5. The fraction of sp³-hybridized carbons (Fsp3) is 0.333. The van der Waals surface area contributed by atoms with Crippen LogP contribution >= 0.6 is 11.8 Å². The molecule has 1 N–H and O–H groups in total. The van der Waals surface area contributed by atoms with Gasteiger partial charge in [-0.25, -0.2) is 9.97 Å². The topological polar surface area (TPSA) is 47.0 Å². The number of nitrogens with zero attached hydrogens (tertiary/aromatic N) is 2. The van der Waals surface area contributed by atoms with Crippen LogP contribution in [0.3, 0.4) is 0 Å². The third-order valence-corrected chi connectivity index (χ3v) is 3.65. The average Bonchev–Trinajstić information content (AvgIpc) is 2.51. The molecule has 2 rings (SSSR count). The Hall–Kier alpha value is -1.59. The molecule has 0 aliphatic rings. The van der Waals surface area contributed by atoms with Crippen LogP contribution in [0, 0.1) is 0 Å². The Morgan fingerprint density at radius 2 is 2.00 bits per heavy atom. The Morgan fingerprint density at radius 1 is 1.20 bits per heavy atom. The van der Waals surface area contributed by atoms with Gasteiger partial charge in [-0.3, -0.25) is 0 Å². The van der Waals surface area contributed by atoms with Crippen LogP contribution in [0.15, 0.2) is 41.4 Å². The molecule has 0 aliphatic heterocycles. The largest absolute Gasteiger partial charge is 0.374 e. The number of benzene rings is 1. The molecule has 0 fully saturated rings. The number of hydrogen-bond donors (Lipinski definition) is 1. The lowest BCUT2D eigenvalue weighted by Gasteiger charge is -2.07. The van der Waals surface area contributed by atoms with Crippen LogP contribution in [-0.4, -0.2) is 23.6 Å². The SMILES string of the molecule is CCOCc1nc(NC)cc(SCc2ccccc2)n1. The van der Waals surface area contributed by atoms with Gasteiger partial charge >= 0.3 is 0 Å². The molecule has 20 heavy (non-hydrogen) atoms. The summed E-state index contributed by atoms with van der Waals surface area (Å²) in [5.74, 6) is 2.44. The molecule has 4 nitrogen and oxygen atoms in total. The normalized spacial score (nSPS) is 10.5. The number of thioether (sulfide) groups is 1. The minimum absolute atomic E-state index is 0.449. The summed E-state index contributed by atoms with van der Waals surface area (Å²) in [4.78, 5) is 8.90. The highest BCUT2D eigenvalue weighted by atomic mass is 32.2. The zero-order valence-corrected chi connectivity index (χ0v) is 12.6. The highest BCUT2D eigenvalue weighted by Crippen LogP contribution is 2.23. The van der Waals surface area contributed by atoms with Gasteiger partial charge < -0.3 is 10.1 Å². The fourth-order valence-electron chi connectivity index (χ4n) is 1.66. The van der Waals surface area contributed by atoms with Crippen molar-refractivity contribution in [2.24, 2.45) is 0 Å². The molecular formula is C15H19N3OS. The van der Waals surface area contributed by atoms with Crippen molar-refractivity contribution in [2.75, 3.05) is 19.0 Å². The Morgan fingerprint density at radius 3 is 2.70 bits per heavy atom. The van der Waals surface area contributed by atoms with Crippen LogP contribution in [0.25, 0.3) is 0 Å². The zero-order valence-electron chi connectivity index (χ0n) is 11.8. The first-order valence-electron chi connectivity index (χ1n) is 6.62. The molecular weight excluding hydrogens is 270 g/mol. The molecule has 2 aromatic rings. The summed E-state index contributed by atoms with van der Waals surface area (Å²) in [5.41, 5.74) is 1.29. The monoisotopic (exact) mass is 289 g/mol. The second-order valence-electron chi connectivity index (χ2n) is 4.17. The molecule has 0 unspecified atom stereocenters. The first kappa shape index (κ1) is 14.8. The maximum absolute atomic E-state index is 5.37. The van der Waals surface area contributed by atoms with Crippen LogP contribution in [0.5, 0.6) is 0 Å². The summed E-state index contributed by atoms with van der Waals surface area (Å²) in [6, 6.07) is 12.3. The van der Waals surface area contributed by atoms with Gasteiger partial charge in [0, 0.05) is 25.5 Å². The molecule has 0 saturated carbocycles. The van der Waals surface area contributed by atoms with E-state index in [2.05, 4.69) is 39.6 Å². The molecule has 0 radical (unpaired) electrons. The minimum atomic E-state index is 0.449. The molecule has 106 valence electrons. The Kier molecular flexibility index (Phi) is 5.83. The van der Waals surface area contributed by atoms with E-state index < -0.39 is 0 Å². The van der Waals surface area contributed by atoms with Crippen LogP contribution < -0.4 is 5.32 Å². The summed E-state index contributed by atoms with van der Waals surface area (Å²) in [6.07, 6.45) is 0. The first-order chi connectivity index (χ1) is 9.81. The minimum Gasteiger partial charge on any atom is -0.374 e. The molecule has 0 spiro atoms. The average molecular weight is 289 g/mol. The van der Waals surface area contributed by atoms with E-state index >= 15 is 0 Å². The summed E-state index contributed by atoms with van der Waals surface area (Å²) in [5, 5.41) is 4.02. The van der Waals surface area contributed by atoms with Crippen molar-refractivity contribution in [3.05, 3.63) is 47.8 Å². The van der Waals surface area contributed by atoms with Gasteiger partial charge in [0.15, 0.2) is 5.82 Å². The van der Waals surface area contributed by atoms with E-state index in [1.807, 2.05) is 26.1 Å². The van der Waals surface area contributed by atoms with Crippen LogP contribution in [-0.2, 0) is 17.1 Å². The van der Waals surface area contributed by atoms with Crippen molar-refractivity contribution in [1.29, 1.82) is 0 Å². The van der Waals surface area contributed by atoms with Crippen molar-refractivity contribution in [3.8, 4) is 0 Å². The molecule has 0 aliphatic carbocycles. The van der Waals surface area contributed by atoms with E-state index in [4.69, 9.17) is 4.74 Å². The number of aromatic nitrogens is 2. The molecule has 0 saturated heterocycles. The van der Waals surface area contributed by atoms with Crippen molar-refractivity contribution < 1.29 is 4.74 Å². The first-order valence-corrected chi connectivity index (χ1v) is 7.60. The van der Waals surface area contributed by atoms with Crippen LogP contribution in [0.1, 0.15) is 18.3 Å². The third-order valence-electron chi connectivity index (χ3n) is 2.67. The van der Waals surface area contributed by atoms with Crippen molar-refractivity contribution in [2.45, 2.75) is 24.3 Å². The Labute approximate surface area is 124 Å². The van der Waals surface area contributed by atoms with Crippen molar-refractivity contribution in [3.63, 3.8) is 0 Å². The number of nitrogens with one attached hydrogen (secondary N) is 1. The van der Waals surface area contributed by atoms with Crippen LogP contribution in [0.4, 0.5) is 5.82 Å². The molecule has 1 heterocycles. The van der Waals surface area contributed by atoms with Gasteiger partial charge in [-0.15, -0.1) is 11.8 Å². The van der Waals surface area contributed by atoms with Gasteiger partial charge in [-0.2, -0.15) is 0 Å². The Bertz CT molecular complexity index is 534. The Balaban J connectivity index is 2.06. The molecule has 1 aromatic carbocycles. The standard InChI is InChI=1S/C15H19N3OS/c1-3-19-10-14-17-13(16-2)9-15(18-14)20-11-12-7-5-4-6-8-12/h4-9H,3,10-11H2,1-2H3,(H,16,17,18). The molecule has 0 amide bonds. The highest BCUT2D eigenvalue weighted by molar-refractivity contribution is 7.98. The summed E-state index contributed by atoms with van der Waals surface area (Å²) >= 11 is 1.70. The highest BCUT2D eigenvalue weighted by Gasteiger charge is 2.05. The lowest BCUT2D eigenvalue weighted by molar-refractivity contribution is 0.128. The summed E-state index contributed by atoms with van der Waals surface area (Å²) in [6.45, 7) is 3.08. The zero-order chi connectivity index (χ0) is 14.2. The van der Waals surface area contributed by atoms with Gasteiger partial charge in [0.1, 0.15) is 17.5 Å². The molecule has 5 heteroatoms. The van der Waals surface area contributed by atoms with Gasteiger partial charge in [0.2, 0.25) is 0 Å². The van der Waals surface area contributed by atoms with Gasteiger partial charge in [0.25, 0.3) is 0 Å². The van der Waals surface area contributed by atoms with Crippen molar-refractivity contribution in [1.82, 2.24) is 9.97 Å². The summed E-state index contributed by atoms with van der Waals surface area (Å²) < 4.78 is 5.37. The lowest BCUT2D eigenvalue weighted by atomic mass is 10.2. The van der Waals surface area contributed by atoms with Gasteiger partial charge in [-0.05, 0) is 12.5 Å². The quantitative estimate of drug-likeness (QED) is 0.625. The molecule has 0 bridgehead atoms. The fourth-order valence-corrected chi connectivity index (χ4v) is 2.54. The number of anilines is 1. The van der Waals surface area contributed by atoms with Crippen LogP contribution in [0.2, 0.25) is 0 Å². The second kappa shape index (κ2) is 7.87. The smallest absolute Gasteiger partial charge is 0.157 e. The number of rotatable bonds is 7. The molecule has 1 aromatic heterocycles. The lowest BCUT2D eigenvalue weighted by Crippen LogP contribution is -2.03. The summed E-state index contributed by atoms with van der Waals surface area (Å²) in [7, 11) is 1.86. The second-order valence-corrected chi connectivity index (χ2v) is 5.16. The maximum atomic E-state index is 5.37. The van der Waals surface area contributed by atoms with Gasteiger partial charge in [0.05, 0.1) is 0 Å². The van der Waals surface area contributed by atoms with Gasteiger partial charge in [-0.1, -0.05) is 30.3 Å². The van der Waals surface area contributed by atoms with E-state index in [0.717, 1.165) is 16.6 Å². The van der Waals surface area contributed by atoms with Crippen molar-refractivity contribution >= 4 is 17.6 Å². The predicted octanol–water partition coefficient (Wildman–Crippen LogP) is 3.35. The predicted molar refractivity (Wildman–Crippen MR) is 82.9 cm³/mol. The van der Waals surface area contributed by atoms with E-state index in [9.17, 15) is 0 Å². The van der Waals surface area contributed by atoms with E-state index in [1.54, 1.807) is 11.8 Å². The third kappa shape index (κ3) is 4.51. The maximum Gasteiger partial charge on any atom is 0.157 e. The van der Waals surface area contributed by atoms with E-state index in [1.165, 1.54) is 5.56 Å². The van der Waals surface area contributed by atoms with E-state index in [0.29, 0.717) is 19.0 Å². The molecule has 0 atom stereocenters.